The molecule has 0 saturated carbocycles. The van der Waals surface area contributed by atoms with Gasteiger partial charge in [0.2, 0.25) is 5.91 Å². The van der Waals surface area contributed by atoms with Gasteiger partial charge in [0.1, 0.15) is 0 Å². The van der Waals surface area contributed by atoms with Crippen LogP contribution >= 0.6 is 0 Å². The third kappa shape index (κ3) is 6.19. The van der Waals surface area contributed by atoms with E-state index in [4.69, 9.17) is 14.2 Å². The predicted octanol–water partition coefficient (Wildman–Crippen LogP) is 2.94. The van der Waals surface area contributed by atoms with Crippen LogP contribution in [-0.2, 0) is 32.2 Å². The summed E-state index contributed by atoms with van der Waals surface area (Å²) in [6.07, 6.45) is -0.602. The number of amides is 1. The van der Waals surface area contributed by atoms with Gasteiger partial charge in [-0.05, 0) is 16.7 Å². The molecule has 4 rings (SSSR count). The molecule has 2 heterocycles. The van der Waals surface area contributed by atoms with Crippen LogP contribution in [-0.4, -0.2) is 54.9 Å². The molecule has 33 heavy (non-hydrogen) atoms. The lowest BCUT2D eigenvalue weighted by Gasteiger charge is -2.43. The highest BCUT2D eigenvalue weighted by Gasteiger charge is 2.39. The molecule has 2 N–H and O–H groups in total. The number of carbonyl (C=O) groups is 1. The Balaban J connectivity index is 1.54. The smallest absolute Gasteiger partial charge is 0.217 e. The standard InChI is InChI=1S/C26H34N2O5/c1-18-24(16-28-11-13-31-14-12-28)32-26(23-9-3-20(4-10-23)15-27-19(2)30)33-25(18)22-7-5-21(17-29)6-8-22/h3-10,18,24-26,29H,11-17H2,1-2H3,(H,27,30). The maximum atomic E-state index is 11.2. The van der Waals surface area contributed by atoms with Crippen molar-refractivity contribution < 1.29 is 24.1 Å². The fourth-order valence-corrected chi connectivity index (χ4v) is 4.39. The average molecular weight is 455 g/mol. The number of nitrogens with zero attached hydrogens (tertiary/aromatic N) is 1. The van der Waals surface area contributed by atoms with Gasteiger partial charge in [0.15, 0.2) is 6.29 Å². The van der Waals surface area contributed by atoms with Crippen molar-refractivity contribution >= 4 is 5.91 Å². The van der Waals surface area contributed by atoms with E-state index in [1.54, 1.807) is 0 Å². The zero-order chi connectivity index (χ0) is 23.2. The number of carbonyl (C=O) groups excluding carboxylic acids is 1. The van der Waals surface area contributed by atoms with Gasteiger partial charge < -0.3 is 24.6 Å². The van der Waals surface area contributed by atoms with Gasteiger partial charge in [-0.2, -0.15) is 0 Å². The van der Waals surface area contributed by atoms with Gasteiger partial charge in [0.25, 0.3) is 0 Å². The summed E-state index contributed by atoms with van der Waals surface area (Å²) in [6, 6.07) is 16.0. The number of rotatable bonds is 7. The van der Waals surface area contributed by atoms with Gasteiger partial charge in [0.05, 0.1) is 32.0 Å². The van der Waals surface area contributed by atoms with Crippen molar-refractivity contribution in [3.63, 3.8) is 0 Å². The number of hydrogen-bond donors (Lipinski definition) is 2. The van der Waals surface area contributed by atoms with Crippen molar-refractivity contribution in [2.24, 2.45) is 5.92 Å². The number of aliphatic hydroxyl groups excluding tert-OH is 1. The molecule has 0 aliphatic carbocycles. The van der Waals surface area contributed by atoms with Crippen LogP contribution in [0.15, 0.2) is 48.5 Å². The van der Waals surface area contributed by atoms with E-state index in [9.17, 15) is 9.90 Å². The van der Waals surface area contributed by atoms with E-state index in [0.29, 0.717) is 6.54 Å². The molecule has 2 aliphatic heterocycles. The van der Waals surface area contributed by atoms with E-state index in [-0.39, 0.29) is 30.6 Å². The summed E-state index contributed by atoms with van der Waals surface area (Å²) in [5, 5.41) is 12.2. The van der Waals surface area contributed by atoms with Gasteiger partial charge in [-0.3, -0.25) is 9.69 Å². The van der Waals surface area contributed by atoms with E-state index in [1.807, 2.05) is 48.5 Å². The molecule has 178 valence electrons. The molecule has 1 amide bonds. The van der Waals surface area contributed by atoms with Crippen molar-refractivity contribution in [3.8, 4) is 0 Å². The number of ether oxygens (including phenoxy) is 3. The van der Waals surface area contributed by atoms with Crippen LogP contribution in [0.5, 0.6) is 0 Å². The molecule has 7 heteroatoms. The highest BCUT2D eigenvalue weighted by molar-refractivity contribution is 5.72. The van der Waals surface area contributed by atoms with Crippen molar-refractivity contribution in [2.45, 2.75) is 45.5 Å². The molecule has 2 saturated heterocycles. The second-order valence-electron chi connectivity index (χ2n) is 8.89. The topological polar surface area (TPSA) is 80.3 Å². The van der Waals surface area contributed by atoms with Crippen LogP contribution in [0.25, 0.3) is 0 Å². The predicted molar refractivity (Wildman–Crippen MR) is 124 cm³/mol. The minimum atomic E-state index is -0.482. The largest absolute Gasteiger partial charge is 0.392 e. The molecule has 0 aromatic heterocycles. The Kier molecular flexibility index (Phi) is 8.11. The monoisotopic (exact) mass is 454 g/mol. The zero-order valence-electron chi connectivity index (χ0n) is 19.4. The van der Waals surface area contributed by atoms with Crippen LogP contribution in [0.3, 0.4) is 0 Å². The van der Waals surface area contributed by atoms with Gasteiger partial charge in [-0.15, -0.1) is 0 Å². The molecule has 0 bridgehead atoms. The summed E-state index contributed by atoms with van der Waals surface area (Å²) in [4.78, 5) is 13.6. The summed E-state index contributed by atoms with van der Waals surface area (Å²) < 4.78 is 18.5. The Bertz CT molecular complexity index is 896. The van der Waals surface area contributed by atoms with E-state index >= 15 is 0 Å². The highest BCUT2D eigenvalue weighted by atomic mass is 16.7. The summed E-state index contributed by atoms with van der Waals surface area (Å²) in [7, 11) is 0. The van der Waals surface area contributed by atoms with Crippen LogP contribution < -0.4 is 5.32 Å². The summed E-state index contributed by atoms with van der Waals surface area (Å²) in [6.45, 7) is 8.37. The molecular formula is C26H34N2O5. The number of morpholine rings is 1. The third-order valence-electron chi connectivity index (χ3n) is 6.46. The zero-order valence-corrected chi connectivity index (χ0v) is 19.4. The Morgan fingerprint density at radius 1 is 1.00 bits per heavy atom. The Labute approximate surface area is 195 Å². The molecule has 2 aliphatic rings. The second kappa shape index (κ2) is 11.2. The Morgan fingerprint density at radius 2 is 1.64 bits per heavy atom. The Hall–Kier alpha value is -2.29. The minimum Gasteiger partial charge on any atom is -0.392 e. The molecule has 2 fully saturated rings. The van der Waals surface area contributed by atoms with Crippen LogP contribution in [0, 0.1) is 5.92 Å². The van der Waals surface area contributed by atoms with Gasteiger partial charge in [0, 0.05) is 44.6 Å². The lowest BCUT2D eigenvalue weighted by atomic mass is 9.90. The molecule has 2 aromatic rings. The lowest BCUT2D eigenvalue weighted by molar-refractivity contribution is -0.277. The lowest BCUT2D eigenvalue weighted by Crippen LogP contribution is -2.47. The van der Waals surface area contributed by atoms with Crippen molar-refractivity contribution in [3.05, 3.63) is 70.8 Å². The maximum Gasteiger partial charge on any atom is 0.217 e. The number of benzene rings is 2. The first-order chi connectivity index (χ1) is 16.0. The number of hydrogen-bond acceptors (Lipinski definition) is 6. The van der Waals surface area contributed by atoms with Crippen molar-refractivity contribution in [1.29, 1.82) is 0 Å². The molecule has 0 radical (unpaired) electrons. The number of nitrogens with one attached hydrogen (secondary N) is 1. The van der Waals surface area contributed by atoms with E-state index in [2.05, 4.69) is 17.1 Å². The minimum absolute atomic E-state index is 0.00317. The molecule has 0 spiro atoms. The van der Waals surface area contributed by atoms with Crippen molar-refractivity contribution in [2.75, 3.05) is 32.8 Å². The second-order valence-corrected chi connectivity index (χ2v) is 8.89. The molecule has 2 aromatic carbocycles. The first kappa shape index (κ1) is 23.9. The van der Waals surface area contributed by atoms with Gasteiger partial charge in [-0.25, -0.2) is 0 Å². The summed E-state index contributed by atoms with van der Waals surface area (Å²) in [5.74, 6) is 0.108. The SMILES string of the molecule is CC(=O)NCc1ccc(C2OC(CN3CCOCC3)C(C)C(c3ccc(CO)cc3)O2)cc1. The maximum absolute atomic E-state index is 11.2. The summed E-state index contributed by atoms with van der Waals surface area (Å²) >= 11 is 0. The first-order valence-corrected chi connectivity index (χ1v) is 11.7. The van der Waals surface area contributed by atoms with Gasteiger partial charge >= 0.3 is 0 Å². The normalized spacial score (nSPS) is 26.2. The molecule has 4 atom stereocenters. The third-order valence-corrected chi connectivity index (χ3v) is 6.46. The van der Waals surface area contributed by atoms with Crippen molar-refractivity contribution in [1.82, 2.24) is 10.2 Å². The number of aliphatic hydroxyl groups is 1. The summed E-state index contributed by atoms with van der Waals surface area (Å²) in [5.41, 5.74) is 3.95. The quantitative estimate of drug-likeness (QED) is 0.670. The van der Waals surface area contributed by atoms with E-state index in [0.717, 1.165) is 55.1 Å². The average Bonchev–Trinajstić information content (AvgIpc) is 2.85. The van der Waals surface area contributed by atoms with E-state index < -0.39 is 6.29 Å². The van der Waals surface area contributed by atoms with Crippen LogP contribution in [0.1, 0.15) is 48.5 Å². The fraction of sp³-hybridized carbons (Fsp3) is 0.500. The fourth-order valence-electron chi connectivity index (χ4n) is 4.39. The molecular weight excluding hydrogens is 420 g/mol. The molecule has 4 unspecified atom stereocenters. The Morgan fingerprint density at radius 3 is 2.27 bits per heavy atom. The van der Waals surface area contributed by atoms with Crippen LogP contribution in [0.4, 0.5) is 0 Å². The van der Waals surface area contributed by atoms with Crippen LogP contribution in [0.2, 0.25) is 0 Å². The molecule has 7 nitrogen and oxygen atoms in total. The first-order valence-electron chi connectivity index (χ1n) is 11.7. The highest BCUT2D eigenvalue weighted by Crippen LogP contribution is 2.41. The van der Waals surface area contributed by atoms with E-state index in [1.165, 1.54) is 6.92 Å². The van der Waals surface area contributed by atoms with Gasteiger partial charge in [-0.1, -0.05) is 55.5 Å².